The van der Waals surface area contributed by atoms with Gasteiger partial charge in [-0.15, -0.1) is 0 Å². The second-order valence-electron chi connectivity index (χ2n) is 3.12. The zero-order valence-corrected chi connectivity index (χ0v) is 11.7. The fourth-order valence-electron chi connectivity index (χ4n) is 1.42. The maximum Gasteiger partial charge on any atom is 1.00 e. The van der Waals surface area contributed by atoms with Crippen LogP contribution in [-0.4, -0.2) is 47.7 Å². The topological polar surface area (TPSA) is 124 Å². The Morgan fingerprint density at radius 3 is 1.73 bits per heavy atom. The predicted molar refractivity (Wildman–Crippen MR) is 49.5 cm³/mol. The Bertz CT molecular complexity index is 239. The molecule has 86 valence electrons. The molecule has 0 bridgehead atoms. The van der Waals surface area contributed by atoms with Crippen LogP contribution in [0.25, 0.3) is 0 Å². The van der Waals surface area contributed by atoms with Gasteiger partial charge in [-0.1, -0.05) is 0 Å². The molecule has 0 atom stereocenters. The van der Waals surface area contributed by atoms with E-state index in [0.717, 1.165) is 0 Å². The third kappa shape index (κ3) is 5.10. The second kappa shape index (κ2) is 7.97. The van der Waals surface area contributed by atoms with Gasteiger partial charge in [0.05, 0.1) is 4.75 Å². The van der Waals surface area contributed by atoms with Crippen LogP contribution in [0.2, 0.25) is 0 Å². The number of aliphatic hydroxyl groups is 2. The minimum Gasteiger partial charge on any atom is -0.748 e. The van der Waals surface area contributed by atoms with Crippen molar-refractivity contribution >= 4 is 10.1 Å². The number of hydrogen-bond donors (Lipinski definition) is 3. The van der Waals surface area contributed by atoms with Crippen LogP contribution < -0.4 is 35.3 Å². The largest absolute Gasteiger partial charge is 1.00 e. The average Bonchev–Trinajstić information content (AvgIpc) is 2.03. The fourth-order valence-corrected chi connectivity index (χ4v) is 2.47. The Labute approximate surface area is 112 Å². The molecule has 0 saturated carbocycles. The molecule has 0 aliphatic rings. The molecule has 0 aromatic rings. The van der Waals surface area contributed by atoms with E-state index in [2.05, 4.69) is 0 Å². The van der Waals surface area contributed by atoms with Crippen molar-refractivity contribution in [1.29, 1.82) is 0 Å². The van der Waals surface area contributed by atoms with E-state index in [1.165, 1.54) is 0 Å². The number of hydrogen-bond acceptors (Lipinski definition) is 6. The summed E-state index contributed by atoms with van der Waals surface area (Å²) in [7, 11) is -4.56. The van der Waals surface area contributed by atoms with Crippen LogP contribution in [-0.2, 0) is 10.1 Å². The molecule has 0 aromatic carbocycles. The van der Waals surface area contributed by atoms with Crippen molar-refractivity contribution < 1.29 is 52.7 Å². The summed E-state index contributed by atoms with van der Waals surface area (Å²) in [6.07, 6.45) is -0.410. The summed E-state index contributed by atoms with van der Waals surface area (Å²) in [5.74, 6) is 0. The molecule has 0 saturated heterocycles. The summed E-state index contributed by atoms with van der Waals surface area (Å²) < 4.78 is 31.3. The summed E-state index contributed by atoms with van der Waals surface area (Å²) in [6, 6.07) is 0. The Balaban J connectivity index is 0. The first kappa shape index (κ1) is 18.2. The molecule has 0 rings (SSSR count). The van der Waals surface area contributed by atoms with E-state index in [1.54, 1.807) is 0 Å². The van der Waals surface area contributed by atoms with Crippen LogP contribution in [0.5, 0.6) is 0 Å². The van der Waals surface area contributed by atoms with E-state index in [1.807, 2.05) is 0 Å². The molecule has 0 amide bonds. The zero-order valence-electron chi connectivity index (χ0n) is 8.85. The Morgan fingerprint density at radius 1 is 1.13 bits per heavy atom. The first-order valence-electron chi connectivity index (χ1n) is 4.31. The molecule has 0 spiro atoms. The number of nitrogens with two attached hydrogens (primary N) is 1. The summed E-state index contributed by atoms with van der Waals surface area (Å²) in [5.41, 5.74) is 5.21. The van der Waals surface area contributed by atoms with Gasteiger partial charge in [-0.2, -0.15) is 0 Å². The molecule has 0 aliphatic heterocycles. The van der Waals surface area contributed by atoms with Crippen molar-refractivity contribution in [3.05, 3.63) is 0 Å². The molecule has 0 aromatic heterocycles. The molecule has 0 aliphatic carbocycles. The molecule has 0 unspecified atom stereocenters. The maximum atomic E-state index is 11.0. The number of rotatable bonds is 7. The van der Waals surface area contributed by atoms with Crippen molar-refractivity contribution in [3.8, 4) is 0 Å². The maximum absolute atomic E-state index is 11.0. The van der Waals surface area contributed by atoms with Gasteiger partial charge in [-0.25, -0.2) is 8.42 Å². The molecule has 15 heavy (non-hydrogen) atoms. The monoisotopic (exact) mass is 249 g/mol. The van der Waals surface area contributed by atoms with E-state index >= 15 is 0 Å². The van der Waals surface area contributed by atoms with E-state index < -0.39 is 28.1 Å². The van der Waals surface area contributed by atoms with Gasteiger partial charge in [0.15, 0.2) is 0 Å². The molecule has 6 nitrogen and oxygen atoms in total. The third-order valence-corrected chi connectivity index (χ3v) is 3.94. The van der Waals surface area contributed by atoms with Crippen molar-refractivity contribution in [2.45, 2.75) is 24.0 Å². The van der Waals surface area contributed by atoms with Gasteiger partial charge in [-0.05, 0) is 25.8 Å². The van der Waals surface area contributed by atoms with Crippen LogP contribution in [0, 0.1) is 0 Å². The average molecular weight is 249 g/mol. The first-order chi connectivity index (χ1) is 6.43. The third-order valence-electron chi connectivity index (χ3n) is 2.27. The van der Waals surface area contributed by atoms with E-state index in [0.29, 0.717) is 0 Å². The van der Waals surface area contributed by atoms with Crippen molar-refractivity contribution in [2.24, 2.45) is 5.73 Å². The summed E-state index contributed by atoms with van der Waals surface area (Å²) in [4.78, 5) is 0. The van der Waals surface area contributed by atoms with Crippen molar-refractivity contribution in [1.82, 2.24) is 0 Å². The van der Waals surface area contributed by atoms with Gasteiger partial charge >= 0.3 is 29.6 Å². The van der Waals surface area contributed by atoms with Crippen LogP contribution in [0.4, 0.5) is 0 Å². The van der Waals surface area contributed by atoms with Gasteiger partial charge in [0.2, 0.25) is 0 Å². The second-order valence-corrected chi connectivity index (χ2v) is 4.90. The van der Waals surface area contributed by atoms with Gasteiger partial charge < -0.3 is 20.5 Å². The van der Waals surface area contributed by atoms with Crippen LogP contribution in [0.3, 0.4) is 0 Å². The summed E-state index contributed by atoms with van der Waals surface area (Å²) in [5, 5.41) is 17.4. The normalized spacial score (nSPS) is 12.3. The van der Waals surface area contributed by atoms with Crippen LogP contribution in [0.15, 0.2) is 0 Å². The molecule has 8 heteroatoms. The van der Waals surface area contributed by atoms with Crippen LogP contribution >= 0.6 is 0 Å². The van der Waals surface area contributed by atoms with Crippen molar-refractivity contribution in [2.75, 3.05) is 19.8 Å². The Kier molecular flexibility index (Phi) is 9.65. The van der Waals surface area contributed by atoms with E-state index in [-0.39, 0.29) is 55.4 Å². The zero-order chi connectivity index (χ0) is 11.2. The fraction of sp³-hybridized carbons (Fsp3) is 1.00. The molecular weight excluding hydrogens is 233 g/mol. The smallest absolute Gasteiger partial charge is 0.748 e. The van der Waals surface area contributed by atoms with Gasteiger partial charge in [0.1, 0.15) is 10.1 Å². The molecular formula is C7H16NNaO5S. The Morgan fingerprint density at radius 2 is 1.53 bits per heavy atom. The Hall–Kier alpha value is 0.790. The van der Waals surface area contributed by atoms with Gasteiger partial charge in [-0.3, -0.25) is 0 Å². The summed E-state index contributed by atoms with van der Waals surface area (Å²) >= 11 is 0. The minimum atomic E-state index is -4.56. The van der Waals surface area contributed by atoms with Crippen LogP contribution in [0.1, 0.15) is 19.3 Å². The standard InChI is InChI=1S/C7H17NO5S.Na/c8-4-1-7(2-5-9,3-6-10)14(11,12)13;/h9-10H,1-6,8H2,(H,11,12,13);/q;+1/p-1. The molecule has 0 radical (unpaired) electrons. The minimum absolute atomic E-state index is 0. The first-order valence-corrected chi connectivity index (χ1v) is 5.71. The molecule has 0 heterocycles. The number of aliphatic hydroxyl groups excluding tert-OH is 2. The predicted octanol–water partition coefficient (Wildman–Crippen LogP) is -4.61. The van der Waals surface area contributed by atoms with E-state index in [4.69, 9.17) is 15.9 Å². The van der Waals surface area contributed by atoms with Gasteiger partial charge in [0.25, 0.3) is 0 Å². The van der Waals surface area contributed by atoms with E-state index in [9.17, 15) is 13.0 Å². The SMILES string of the molecule is NCCC(CCO)(CCO)S(=O)(=O)[O-].[Na+]. The quantitative estimate of drug-likeness (QED) is 0.308. The summed E-state index contributed by atoms with van der Waals surface area (Å²) in [6.45, 7) is -0.801. The molecule has 4 N–H and O–H groups in total. The van der Waals surface area contributed by atoms with Gasteiger partial charge in [0, 0.05) is 13.2 Å². The van der Waals surface area contributed by atoms with Crippen molar-refractivity contribution in [3.63, 3.8) is 0 Å². The molecule has 0 fully saturated rings.